The van der Waals surface area contributed by atoms with Gasteiger partial charge in [-0.15, -0.1) is 0 Å². The fourth-order valence-corrected chi connectivity index (χ4v) is 6.16. The maximum atomic E-state index is 5.91. The van der Waals surface area contributed by atoms with Crippen LogP contribution in [0.25, 0.3) is 11.1 Å². The second-order valence-corrected chi connectivity index (χ2v) is 14.4. The molecule has 0 saturated carbocycles. The van der Waals surface area contributed by atoms with Gasteiger partial charge in [-0.2, -0.15) is 0 Å². The van der Waals surface area contributed by atoms with Crippen LogP contribution in [-0.2, 0) is 5.41 Å². The summed E-state index contributed by atoms with van der Waals surface area (Å²) in [6, 6.07) is 61.7. The minimum atomic E-state index is -0.167. The Morgan fingerprint density at radius 2 is 0.424 bits per heavy atom. The highest BCUT2D eigenvalue weighted by atomic mass is 16.5. The number of anilines is 4. The van der Waals surface area contributed by atoms with Crippen LogP contribution in [-0.4, -0.2) is 0 Å². The van der Waals surface area contributed by atoms with E-state index in [1.165, 1.54) is 11.1 Å². The Morgan fingerprint density at radius 1 is 0.254 bits per heavy atom. The molecule has 8 aromatic carbocycles. The van der Waals surface area contributed by atoms with Crippen molar-refractivity contribution < 1.29 is 18.9 Å². The van der Waals surface area contributed by atoms with Gasteiger partial charge in [-0.1, -0.05) is 62.4 Å². The van der Waals surface area contributed by atoms with Crippen molar-refractivity contribution in [3.05, 3.63) is 205 Å². The first-order chi connectivity index (χ1) is 28.6. The van der Waals surface area contributed by atoms with Crippen LogP contribution < -0.4 is 41.9 Å². The molecule has 0 aliphatic carbocycles. The Bertz CT molecular complexity index is 2360. The zero-order chi connectivity index (χ0) is 41.2. The summed E-state index contributed by atoms with van der Waals surface area (Å²) in [6.07, 6.45) is 0. The van der Waals surface area contributed by atoms with Crippen molar-refractivity contribution in [3.8, 4) is 57.1 Å². The maximum absolute atomic E-state index is 5.91. The van der Waals surface area contributed by atoms with Crippen molar-refractivity contribution in [2.75, 3.05) is 22.9 Å². The molecule has 0 aromatic heterocycles. The standard InChI is InChI=1S/C27H26N2O2.C24H20N2O2/c1-27(2,19-3-11-23(12-4-19)30-25-15-7-21(28)8-16-25)20-5-13-24(14-6-20)31-26-17-9-22(29)10-18-26;25-19-5-13-23(14-6-19)27-21-9-1-17(2-10-21)18-3-11-22(12-4-18)28-24-15-7-20(26)8-16-24/h3-18H,28-29H2,1-2H3;1-16H,25-26H2. The summed E-state index contributed by atoms with van der Waals surface area (Å²) in [7, 11) is 0. The molecule has 0 aliphatic heterocycles. The third-order valence-corrected chi connectivity index (χ3v) is 9.66. The minimum Gasteiger partial charge on any atom is -0.457 e. The Hall–Kier alpha value is -7.84. The highest BCUT2D eigenvalue weighted by molar-refractivity contribution is 5.65. The molecule has 0 bridgehead atoms. The van der Waals surface area contributed by atoms with Gasteiger partial charge in [0.2, 0.25) is 0 Å². The van der Waals surface area contributed by atoms with Gasteiger partial charge in [-0.05, 0) is 168 Å². The van der Waals surface area contributed by atoms with Crippen molar-refractivity contribution in [1.29, 1.82) is 0 Å². The smallest absolute Gasteiger partial charge is 0.127 e. The Labute approximate surface area is 345 Å². The second kappa shape index (κ2) is 18.0. The van der Waals surface area contributed by atoms with Crippen LogP contribution in [0.4, 0.5) is 22.7 Å². The largest absolute Gasteiger partial charge is 0.457 e. The second-order valence-electron chi connectivity index (χ2n) is 14.4. The predicted molar refractivity (Wildman–Crippen MR) is 241 cm³/mol. The summed E-state index contributed by atoms with van der Waals surface area (Å²) in [5.41, 5.74) is 30.1. The van der Waals surface area contributed by atoms with Gasteiger partial charge < -0.3 is 41.9 Å². The first-order valence-electron chi connectivity index (χ1n) is 19.1. The zero-order valence-electron chi connectivity index (χ0n) is 32.9. The number of benzene rings is 8. The lowest BCUT2D eigenvalue weighted by atomic mass is 9.78. The molecular formula is C51H46N4O4. The van der Waals surface area contributed by atoms with E-state index in [0.29, 0.717) is 22.7 Å². The third-order valence-electron chi connectivity index (χ3n) is 9.66. The lowest BCUT2D eigenvalue weighted by molar-refractivity contribution is 0.481. The van der Waals surface area contributed by atoms with E-state index in [0.717, 1.165) is 57.1 Å². The highest BCUT2D eigenvalue weighted by Gasteiger charge is 2.23. The quantitative estimate of drug-likeness (QED) is 0.0951. The average molecular weight is 779 g/mol. The number of nitrogens with two attached hydrogens (primary N) is 4. The van der Waals surface area contributed by atoms with E-state index in [1.54, 1.807) is 0 Å². The summed E-state index contributed by atoms with van der Waals surface area (Å²) in [4.78, 5) is 0. The van der Waals surface area contributed by atoms with Crippen LogP contribution in [0.5, 0.6) is 46.0 Å². The molecule has 8 heteroatoms. The molecule has 0 radical (unpaired) electrons. The van der Waals surface area contributed by atoms with Crippen LogP contribution in [0.1, 0.15) is 25.0 Å². The van der Waals surface area contributed by atoms with E-state index in [2.05, 4.69) is 38.1 Å². The summed E-state index contributed by atoms with van der Waals surface area (Å²) < 4.78 is 23.5. The first kappa shape index (κ1) is 39.4. The van der Waals surface area contributed by atoms with Crippen LogP contribution >= 0.6 is 0 Å². The molecule has 8 aromatic rings. The van der Waals surface area contributed by atoms with Crippen molar-refractivity contribution in [2.45, 2.75) is 19.3 Å². The molecule has 0 unspecified atom stereocenters. The predicted octanol–water partition coefficient (Wildman–Crippen LogP) is 12.9. The zero-order valence-corrected chi connectivity index (χ0v) is 32.9. The van der Waals surface area contributed by atoms with Gasteiger partial charge in [0.25, 0.3) is 0 Å². The molecule has 0 heterocycles. The topological polar surface area (TPSA) is 141 Å². The molecule has 0 spiro atoms. The fourth-order valence-electron chi connectivity index (χ4n) is 6.16. The first-order valence-corrected chi connectivity index (χ1v) is 19.1. The highest BCUT2D eigenvalue weighted by Crippen LogP contribution is 2.35. The summed E-state index contributed by atoms with van der Waals surface area (Å²) in [5, 5.41) is 0. The van der Waals surface area contributed by atoms with E-state index in [9.17, 15) is 0 Å². The maximum Gasteiger partial charge on any atom is 0.127 e. The molecule has 8 rings (SSSR count). The molecule has 59 heavy (non-hydrogen) atoms. The third kappa shape index (κ3) is 10.7. The number of nitrogen functional groups attached to an aromatic ring is 4. The van der Waals surface area contributed by atoms with Crippen LogP contribution in [0.2, 0.25) is 0 Å². The van der Waals surface area contributed by atoms with E-state index >= 15 is 0 Å². The van der Waals surface area contributed by atoms with Gasteiger partial charge in [0.1, 0.15) is 46.0 Å². The number of rotatable bonds is 11. The Balaban J connectivity index is 0.000000180. The van der Waals surface area contributed by atoms with Crippen LogP contribution in [0.15, 0.2) is 194 Å². The fraction of sp³-hybridized carbons (Fsp3) is 0.0588. The van der Waals surface area contributed by atoms with Gasteiger partial charge in [0.05, 0.1) is 0 Å². The van der Waals surface area contributed by atoms with Gasteiger partial charge in [0.15, 0.2) is 0 Å². The molecule has 8 nitrogen and oxygen atoms in total. The molecule has 0 amide bonds. The van der Waals surface area contributed by atoms with Crippen molar-refractivity contribution >= 4 is 22.7 Å². The molecule has 0 atom stereocenters. The normalized spacial score (nSPS) is 10.8. The Morgan fingerprint density at radius 3 is 0.627 bits per heavy atom. The van der Waals surface area contributed by atoms with E-state index in [4.69, 9.17) is 41.9 Å². The molecule has 0 aliphatic rings. The monoisotopic (exact) mass is 778 g/mol. The van der Waals surface area contributed by atoms with Gasteiger partial charge in [0, 0.05) is 28.2 Å². The molecule has 0 fully saturated rings. The number of hydrogen-bond donors (Lipinski definition) is 4. The Kier molecular flexibility index (Phi) is 12.0. The lowest BCUT2D eigenvalue weighted by Gasteiger charge is -2.26. The van der Waals surface area contributed by atoms with Gasteiger partial charge >= 0.3 is 0 Å². The van der Waals surface area contributed by atoms with Crippen molar-refractivity contribution in [1.82, 2.24) is 0 Å². The molecule has 0 saturated heterocycles. The van der Waals surface area contributed by atoms with Crippen LogP contribution in [0, 0.1) is 0 Å². The number of hydrogen-bond acceptors (Lipinski definition) is 8. The van der Waals surface area contributed by atoms with Gasteiger partial charge in [-0.3, -0.25) is 0 Å². The molecule has 294 valence electrons. The summed E-state index contributed by atoms with van der Waals surface area (Å²) in [6.45, 7) is 4.41. The SMILES string of the molecule is CC(C)(c1ccc(Oc2ccc(N)cc2)cc1)c1ccc(Oc2ccc(N)cc2)cc1.Nc1ccc(Oc2ccc(-c3ccc(Oc4ccc(N)cc4)cc3)cc2)cc1. The van der Waals surface area contributed by atoms with Crippen LogP contribution in [0.3, 0.4) is 0 Å². The lowest BCUT2D eigenvalue weighted by Crippen LogP contribution is -2.18. The average Bonchev–Trinajstić information content (AvgIpc) is 3.25. The minimum absolute atomic E-state index is 0.167. The van der Waals surface area contributed by atoms with E-state index < -0.39 is 0 Å². The van der Waals surface area contributed by atoms with Gasteiger partial charge in [-0.25, -0.2) is 0 Å². The van der Waals surface area contributed by atoms with Crippen molar-refractivity contribution in [3.63, 3.8) is 0 Å². The summed E-state index contributed by atoms with van der Waals surface area (Å²) >= 11 is 0. The number of ether oxygens (including phenoxy) is 4. The van der Waals surface area contributed by atoms with Crippen molar-refractivity contribution in [2.24, 2.45) is 0 Å². The van der Waals surface area contributed by atoms with E-state index in [-0.39, 0.29) is 5.41 Å². The summed E-state index contributed by atoms with van der Waals surface area (Å²) in [5.74, 6) is 6.16. The van der Waals surface area contributed by atoms with E-state index in [1.807, 2.05) is 170 Å². The molecule has 8 N–H and O–H groups in total. The molecular weight excluding hydrogens is 733 g/mol.